The van der Waals surface area contributed by atoms with E-state index in [4.69, 9.17) is 0 Å². The van der Waals surface area contributed by atoms with Crippen molar-refractivity contribution in [3.05, 3.63) is 32.9 Å². The van der Waals surface area contributed by atoms with Crippen molar-refractivity contribution >= 4 is 22.6 Å². The molecule has 19 heavy (non-hydrogen) atoms. The lowest BCUT2D eigenvalue weighted by Crippen LogP contribution is -2.23. The second-order valence-corrected chi connectivity index (χ2v) is 6.41. The Morgan fingerprint density at radius 1 is 1.11 bits per heavy atom. The Bertz CT molecular complexity index is 362. The quantitative estimate of drug-likeness (QED) is 0.438. The van der Waals surface area contributed by atoms with Crippen LogP contribution < -0.4 is 5.32 Å². The van der Waals surface area contributed by atoms with Gasteiger partial charge in [0.15, 0.2) is 0 Å². The van der Waals surface area contributed by atoms with E-state index in [1.165, 1.54) is 53.2 Å². The minimum atomic E-state index is 0.531. The SMILES string of the molecule is CCCCCCC(NCCC)c1cccc(C)c1I. The van der Waals surface area contributed by atoms with Crippen LogP contribution in [0, 0.1) is 10.5 Å². The Kier molecular flexibility index (Phi) is 8.71. The van der Waals surface area contributed by atoms with Gasteiger partial charge >= 0.3 is 0 Å². The van der Waals surface area contributed by atoms with Crippen LogP contribution in [0.25, 0.3) is 0 Å². The highest BCUT2D eigenvalue weighted by Crippen LogP contribution is 2.27. The van der Waals surface area contributed by atoms with Crippen LogP contribution in [0.4, 0.5) is 0 Å². The second-order valence-electron chi connectivity index (χ2n) is 5.33. The molecule has 1 aromatic carbocycles. The van der Waals surface area contributed by atoms with E-state index in [-0.39, 0.29) is 0 Å². The highest BCUT2D eigenvalue weighted by molar-refractivity contribution is 14.1. The molecular weight excluding hydrogens is 345 g/mol. The molecule has 1 nitrogen and oxygen atoms in total. The van der Waals surface area contributed by atoms with E-state index >= 15 is 0 Å². The summed E-state index contributed by atoms with van der Waals surface area (Å²) in [6.07, 6.45) is 7.84. The Morgan fingerprint density at radius 3 is 2.58 bits per heavy atom. The van der Waals surface area contributed by atoms with Crippen molar-refractivity contribution in [3.63, 3.8) is 0 Å². The van der Waals surface area contributed by atoms with E-state index in [1.54, 1.807) is 0 Å². The molecule has 0 aliphatic carbocycles. The molecule has 0 aliphatic rings. The summed E-state index contributed by atoms with van der Waals surface area (Å²) in [5.74, 6) is 0. The van der Waals surface area contributed by atoms with Gasteiger partial charge in [0, 0.05) is 9.61 Å². The first-order valence-corrected chi connectivity index (χ1v) is 8.77. The highest BCUT2D eigenvalue weighted by atomic mass is 127. The first-order valence-electron chi connectivity index (χ1n) is 7.69. The van der Waals surface area contributed by atoms with Gasteiger partial charge in [0.2, 0.25) is 0 Å². The number of benzene rings is 1. The fourth-order valence-corrected chi connectivity index (χ4v) is 3.14. The minimum Gasteiger partial charge on any atom is -0.310 e. The summed E-state index contributed by atoms with van der Waals surface area (Å²) < 4.78 is 1.43. The Morgan fingerprint density at radius 2 is 1.89 bits per heavy atom. The molecule has 0 amide bonds. The van der Waals surface area contributed by atoms with Gasteiger partial charge in [0.05, 0.1) is 0 Å². The predicted molar refractivity (Wildman–Crippen MR) is 93.7 cm³/mol. The zero-order valence-corrected chi connectivity index (χ0v) is 14.8. The Labute approximate surface area is 132 Å². The Balaban J connectivity index is 2.69. The third kappa shape index (κ3) is 5.82. The maximum Gasteiger partial charge on any atom is 0.0330 e. The van der Waals surface area contributed by atoms with Gasteiger partial charge in [-0.05, 0) is 60.0 Å². The van der Waals surface area contributed by atoms with Crippen LogP contribution in [0.15, 0.2) is 18.2 Å². The minimum absolute atomic E-state index is 0.531. The smallest absolute Gasteiger partial charge is 0.0330 e. The van der Waals surface area contributed by atoms with Crippen molar-refractivity contribution < 1.29 is 0 Å². The Hall–Kier alpha value is -0.0900. The van der Waals surface area contributed by atoms with Gasteiger partial charge in [-0.15, -0.1) is 0 Å². The summed E-state index contributed by atoms with van der Waals surface area (Å²) in [4.78, 5) is 0. The molecule has 1 unspecified atom stereocenters. The van der Waals surface area contributed by atoms with Crippen molar-refractivity contribution in [1.29, 1.82) is 0 Å². The third-order valence-corrected chi connectivity index (χ3v) is 5.06. The van der Waals surface area contributed by atoms with Crippen LogP contribution in [0.2, 0.25) is 0 Å². The largest absolute Gasteiger partial charge is 0.310 e. The molecule has 2 heteroatoms. The van der Waals surface area contributed by atoms with Gasteiger partial charge in [-0.1, -0.05) is 57.7 Å². The summed E-state index contributed by atoms with van der Waals surface area (Å²) >= 11 is 2.50. The van der Waals surface area contributed by atoms with Gasteiger partial charge in [-0.25, -0.2) is 0 Å². The number of aryl methyl sites for hydroxylation is 1. The molecule has 0 bridgehead atoms. The highest BCUT2D eigenvalue weighted by Gasteiger charge is 2.14. The fraction of sp³-hybridized carbons (Fsp3) is 0.647. The fourth-order valence-electron chi connectivity index (χ4n) is 2.40. The second kappa shape index (κ2) is 9.76. The summed E-state index contributed by atoms with van der Waals surface area (Å²) in [7, 11) is 0. The summed E-state index contributed by atoms with van der Waals surface area (Å²) in [5, 5.41) is 3.73. The standard InChI is InChI=1S/C17H28IN/c1-4-6-7-8-12-16(19-13-5-2)15-11-9-10-14(3)17(15)18/h9-11,16,19H,4-8,12-13H2,1-3H3. The van der Waals surface area contributed by atoms with Crippen LogP contribution in [-0.2, 0) is 0 Å². The van der Waals surface area contributed by atoms with E-state index in [0.29, 0.717) is 6.04 Å². The van der Waals surface area contributed by atoms with Crippen molar-refractivity contribution in [3.8, 4) is 0 Å². The average molecular weight is 373 g/mol. The molecule has 0 saturated heterocycles. The molecule has 0 fully saturated rings. The number of nitrogens with one attached hydrogen (secondary N) is 1. The topological polar surface area (TPSA) is 12.0 Å². The van der Waals surface area contributed by atoms with Crippen LogP contribution in [0.3, 0.4) is 0 Å². The molecule has 0 saturated carbocycles. The number of hydrogen-bond acceptors (Lipinski definition) is 1. The maximum absolute atomic E-state index is 3.73. The molecule has 1 atom stereocenters. The lowest BCUT2D eigenvalue weighted by Gasteiger charge is -2.21. The average Bonchev–Trinajstić information content (AvgIpc) is 2.42. The van der Waals surface area contributed by atoms with Gasteiger partial charge in [0.25, 0.3) is 0 Å². The molecule has 1 N–H and O–H groups in total. The first-order chi connectivity index (χ1) is 9.20. The van der Waals surface area contributed by atoms with Gasteiger partial charge in [-0.3, -0.25) is 0 Å². The summed E-state index contributed by atoms with van der Waals surface area (Å²) in [5.41, 5.74) is 2.89. The first kappa shape index (κ1) is 17.0. The number of halogens is 1. The lowest BCUT2D eigenvalue weighted by molar-refractivity contribution is 0.469. The monoisotopic (exact) mass is 373 g/mol. The van der Waals surface area contributed by atoms with Crippen LogP contribution in [0.1, 0.15) is 69.5 Å². The molecule has 0 spiro atoms. The molecular formula is C17H28IN. The van der Waals surface area contributed by atoms with E-state index in [9.17, 15) is 0 Å². The number of rotatable bonds is 9. The molecule has 0 heterocycles. The molecule has 0 radical (unpaired) electrons. The van der Waals surface area contributed by atoms with Crippen LogP contribution in [-0.4, -0.2) is 6.54 Å². The molecule has 1 aromatic rings. The van der Waals surface area contributed by atoms with Crippen LogP contribution >= 0.6 is 22.6 Å². The van der Waals surface area contributed by atoms with Gasteiger partial charge < -0.3 is 5.32 Å². The third-order valence-electron chi connectivity index (χ3n) is 3.58. The predicted octanol–water partition coefficient (Wildman–Crippen LogP) is 5.61. The van der Waals surface area contributed by atoms with E-state index in [2.05, 4.69) is 66.9 Å². The molecule has 0 aromatic heterocycles. The number of unbranched alkanes of at least 4 members (excludes halogenated alkanes) is 3. The normalized spacial score (nSPS) is 12.6. The van der Waals surface area contributed by atoms with Crippen molar-refractivity contribution in [2.75, 3.05) is 6.54 Å². The zero-order valence-electron chi connectivity index (χ0n) is 12.6. The van der Waals surface area contributed by atoms with Gasteiger partial charge in [-0.2, -0.15) is 0 Å². The van der Waals surface area contributed by atoms with E-state index in [0.717, 1.165) is 6.54 Å². The van der Waals surface area contributed by atoms with Gasteiger partial charge in [0.1, 0.15) is 0 Å². The number of hydrogen-bond donors (Lipinski definition) is 1. The van der Waals surface area contributed by atoms with Crippen molar-refractivity contribution in [1.82, 2.24) is 5.32 Å². The molecule has 1 rings (SSSR count). The van der Waals surface area contributed by atoms with Crippen LogP contribution in [0.5, 0.6) is 0 Å². The zero-order chi connectivity index (χ0) is 14.1. The van der Waals surface area contributed by atoms with Crippen molar-refractivity contribution in [2.24, 2.45) is 0 Å². The van der Waals surface area contributed by atoms with E-state index in [1.807, 2.05) is 0 Å². The summed E-state index contributed by atoms with van der Waals surface area (Å²) in [6.45, 7) is 7.83. The molecule has 108 valence electrons. The maximum atomic E-state index is 3.73. The lowest BCUT2D eigenvalue weighted by atomic mass is 9.98. The molecule has 0 aliphatic heterocycles. The van der Waals surface area contributed by atoms with E-state index < -0.39 is 0 Å². The van der Waals surface area contributed by atoms with Crippen molar-refractivity contribution in [2.45, 2.75) is 65.3 Å². The summed E-state index contributed by atoms with van der Waals surface area (Å²) in [6, 6.07) is 7.23.